The van der Waals surface area contributed by atoms with Crippen molar-refractivity contribution in [3.8, 4) is 0 Å². The van der Waals surface area contributed by atoms with Gasteiger partial charge < -0.3 is 5.11 Å². The van der Waals surface area contributed by atoms with Gasteiger partial charge in [0.1, 0.15) is 0 Å². The van der Waals surface area contributed by atoms with Gasteiger partial charge in [0.15, 0.2) is 0 Å². The molecule has 1 aliphatic rings. The summed E-state index contributed by atoms with van der Waals surface area (Å²) in [6.45, 7) is 4.25. The average molecular weight is 240 g/mol. The summed E-state index contributed by atoms with van der Waals surface area (Å²) in [5, 5.41) is 10.1. The molecule has 0 amide bonds. The summed E-state index contributed by atoms with van der Waals surface area (Å²) in [7, 11) is 0. The zero-order chi connectivity index (χ0) is 11.5. The molecule has 1 fully saturated rings. The third-order valence-electron chi connectivity index (χ3n) is 3.33. The summed E-state index contributed by atoms with van der Waals surface area (Å²) < 4.78 is 0. The Hall–Kier alpha value is -0.570. The lowest BCUT2D eigenvalue weighted by atomic mass is 10.1. The highest BCUT2D eigenvalue weighted by Crippen LogP contribution is 2.22. The highest BCUT2D eigenvalue weighted by Gasteiger charge is 2.23. The van der Waals surface area contributed by atoms with Crippen LogP contribution in [0.15, 0.2) is 18.2 Å². The summed E-state index contributed by atoms with van der Waals surface area (Å²) in [6, 6.07) is 6.54. The van der Waals surface area contributed by atoms with Gasteiger partial charge in [-0.2, -0.15) is 0 Å². The summed E-state index contributed by atoms with van der Waals surface area (Å²) in [4.78, 5) is 2.33. The largest absolute Gasteiger partial charge is 0.395 e. The van der Waals surface area contributed by atoms with Crippen LogP contribution in [0, 0.1) is 6.92 Å². The number of rotatable bonds is 3. The molecule has 0 aromatic heterocycles. The van der Waals surface area contributed by atoms with E-state index in [-0.39, 0.29) is 6.61 Å². The van der Waals surface area contributed by atoms with Crippen LogP contribution in [-0.4, -0.2) is 29.2 Å². The van der Waals surface area contributed by atoms with Crippen LogP contribution in [0.3, 0.4) is 0 Å². The van der Waals surface area contributed by atoms with Crippen LogP contribution in [0.4, 0.5) is 0 Å². The van der Waals surface area contributed by atoms with E-state index in [0.29, 0.717) is 6.04 Å². The summed E-state index contributed by atoms with van der Waals surface area (Å²) in [5.74, 6) is 0. The number of benzene rings is 1. The Balaban J connectivity index is 2.05. The van der Waals surface area contributed by atoms with Crippen molar-refractivity contribution >= 4 is 11.6 Å². The van der Waals surface area contributed by atoms with Crippen LogP contribution in [0.2, 0.25) is 5.02 Å². The Bertz CT molecular complexity index is 367. The molecule has 1 N–H and O–H groups in total. The van der Waals surface area contributed by atoms with Crippen molar-refractivity contribution in [2.75, 3.05) is 13.2 Å². The number of likely N-dealkylation sites (tertiary alicyclic amines) is 1. The van der Waals surface area contributed by atoms with Crippen LogP contribution in [0.5, 0.6) is 0 Å². The first-order valence-corrected chi connectivity index (χ1v) is 6.18. The minimum absolute atomic E-state index is 0.263. The van der Waals surface area contributed by atoms with Gasteiger partial charge >= 0.3 is 0 Å². The predicted molar refractivity (Wildman–Crippen MR) is 66.7 cm³/mol. The lowest BCUT2D eigenvalue weighted by molar-refractivity contribution is 0.153. The molecule has 2 rings (SSSR count). The van der Waals surface area contributed by atoms with Crippen LogP contribution in [-0.2, 0) is 6.54 Å². The van der Waals surface area contributed by atoms with E-state index in [4.69, 9.17) is 11.6 Å². The molecule has 0 unspecified atom stereocenters. The van der Waals surface area contributed by atoms with E-state index in [2.05, 4.69) is 17.0 Å². The lowest BCUT2D eigenvalue weighted by Gasteiger charge is -2.22. The molecule has 1 aromatic carbocycles. The fraction of sp³-hybridized carbons (Fsp3) is 0.538. The van der Waals surface area contributed by atoms with E-state index in [1.165, 1.54) is 12.0 Å². The van der Waals surface area contributed by atoms with Gasteiger partial charge in [-0.25, -0.2) is 0 Å². The van der Waals surface area contributed by atoms with Crippen LogP contribution in [0.1, 0.15) is 24.0 Å². The van der Waals surface area contributed by atoms with Crippen molar-refractivity contribution in [2.24, 2.45) is 0 Å². The van der Waals surface area contributed by atoms with E-state index in [1.54, 1.807) is 0 Å². The molecule has 3 heteroatoms. The normalized spacial score (nSPS) is 21.6. The maximum absolute atomic E-state index is 9.25. The molecule has 0 aliphatic carbocycles. The van der Waals surface area contributed by atoms with Crippen molar-refractivity contribution in [1.29, 1.82) is 0 Å². The van der Waals surface area contributed by atoms with Crippen LogP contribution >= 0.6 is 11.6 Å². The highest BCUT2D eigenvalue weighted by molar-refractivity contribution is 6.31. The number of nitrogens with zero attached hydrogens (tertiary/aromatic N) is 1. The van der Waals surface area contributed by atoms with E-state index in [9.17, 15) is 5.11 Å². The van der Waals surface area contributed by atoms with Gasteiger partial charge in [-0.05, 0) is 43.5 Å². The Morgan fingerprint density at radius 3 is 3.00 bits per heavy atom. The van der Waals surface area contributed by atoms with Gasteiger partial charge in [0, 0.05) is 17.6 Å². The van der Waals surface area contributed by atoms with Crippen molar-refractivity contribution in [1.82, 2.24) is 4.90 Å². The molecule has 1 heterocycles. The minimum atomic E-state index is 0.263. The molecule has 88 valence electrons. The maximum atomic E-state index is 9.25. The van der Waals surface area contributed by atoms with E-state index in [1.807, 2.05) is 13.0 Å². The van der Waals surface area contributed by atoms with Gasteiger partial charge in [-0.1, -0.05) is 23.7 Å². The zero-order valence-electron chi connectivity index (χ0n) is 9.62. The quantitative estimate of drug-likeness (QED) is 0.877. The number of aryl methyl sites for hydroxylation is 1. The first kappa shape index (κ1) is 11.9. The second-order valence-corrected chi connectivity index (χ2v) is 4.94. The first-order chi connectivity index (χ1) is 7.70. The molecule has 1 aromatic rings. The van der Waals surface area contributed by atoms with E-state index >= 15 is 0 Å². The summed E-state index contributed by atoms with van der Waals surface area (Å²) in [6.07, 6.45) is 2.29. The predicted octanol–water partition coefficient (Wildman–Crippen LogP) is 2.61. The first-order valence-electron chi connectivity index (χ1n) is 5.80. The van der Waals surface area contributed by atoms with Gasteiger partial charge in [0.2, 0.25) is 0 Å². The number of hydrogen-bond acceptors (Lipinski definition) is 2. The third-order valence-corrected chi connectivity index (χ3v) is 3.74. The van der Waals surface area contributed by atoms with E-state index in [0.717, 1.165) is 30.1 Å². The Kier molecular flexibility index (Phi) is 3.85. The van der Waals surface area contributed by atoms with Gasteiger partial charge in [-0.3, -0.25) is 4.90 Å². The van der Waals surface area contributed by atoms with Crippen molar-refractivity contribution in [3.05, 3.63) is 34.3 Å². The summed E-state index contributed by atoms with van der Waals surface area (Å²) in [5.41, 5.74) is 2.35. The Morgan fingerprint density at radius 1 is 1.50 bits per heavy atom. The van der Waals surface area contributed by atoms with Crippen LogP contribution < -0.4 is 0 Å². The Labute approximate surface area is 102 Å². The standard InChI is InChI=1S/C13H18ClNO/c1-10-4-5-11(7-13(10)14)8-15-6-2-3-12(15)9-16/h4-5,7,12,16H,2-3,6,8-9H2,1H3/t12-/m0/s1. The zero-order valence-corrected chi connectivity index (χ0v) is 10.4. The topological polar surface area (TPSA) is 23.5 Å². The monoisotopic (exact) mass is 239 g/mol. The fourth-order valence-electron chi connectivity index (χ4n) is 2.28. The molecule has 0 spiro atoms. The summed E-state index contributed by atoms with van der Waals surface area (Å²) >= 11 is 6.10. The van der Waals surface area contributed by atoms with Crippen LogP contribution in [0.25, 0.3) is 0 Å². The molecule has 1 aliphatic heterocycles. The minimum Gasteiger partial charge on any atom is -0.395 e. The molecule has 1 saturated heterocycles. The molecule has 0 bridgehead atoms. The second-order valence-electron chi connectivity index (χ2n) is 4.53. The highest BCUT2D eigenvalue weighted by atomic mass is 35.5. The second kappa shape index (κ2) is 5.17. The molecular weight excluding hydrogens is 222 g/mol. The number of aliphatic hydroxyl groups excluding tert-OH is 1. The molecule has 2 nitrogen and oxygen atoms in total. The van der Waals surface area contributed by atoms with Gasteiger partial charge in [0.25, 0.3) is 0 Å². The third kappa shape index (κ3) is 2.57. The van der Waals surface area contributed by atoms with E-state index < -0.39 is 0 Å². The number of halogens is 1. The maximum Gasteiger partial charge on any atom is 0.0587 e. The van der Waals surface area contributed by atoms with Gasteiger partial charge in [0.05, 0.1) is 6.61 Å². The van der Waals surface area contributed by atoms with Crippen molar-refractivity contribution < 1.29 is 5.11 Å². The molecule has 16 heavy (non-hydrogen) atoms. The molecule has 0 saturated carbocycles. The van der Waals surface area contributed by atoms with Gasteiger partial charge in [-0.15, -0.1) is 0 Å². The van der Waals surface area contributed by atoms with Crippen molar-refractivity contribution in [2.45, 2.75) is 32.4 Å². The molecule has 1 atom stereocenters. The SMILES string of the molecule is Cc1ccc(CN2CCC[C@H]2CO)cc1Cl. The Morgan fingerprint density at radius 2 is 2.31 bits per heavy atom. The average Bonchev–Trinajstić information content (AvgIpc) is 2.71. The lowest BCUT2D eigenvalue weighted by Crippen LogP contribution is -2.31. The number of aliphatic hydroxyl groups is 1. The number of hydrogen-bond donors (Lipinski definition) is 1. The smallest absolute Gasteiger partial charge is 0.0587 e. The fourth-order valence-corrected chi connectivity index (χ4v) is 2.48. The molecule has 0 radical (unpaired) electrons. The molecular formula is C13H18ClNO. The van der Waals surface area contributed by atoms with Crippen molar-refractivity contribution in [3.63, 3.8) is 0 Å².